The monoisotopic (exact) mass is 471 g/mol. The third-order valence-electron chi connectivity index (χ3n) is 5.68. The number of aromatic hydroxyl groups is 1. The van der Waals surface area contributed by atoms with Crippen molar-refractivity contribution in [1.82, 2.24) is 15.3 Å². The Balaban J connectivity index is 1.51. The minimum atomic E-state index is -0.334. The summed E-state index contributed by atoms with van der Waals surface area (Å²) in [5, 5.41) is 13.3. The molecule has 0 fully saturated rings. The average molecular weight is 472 g/mol. The van der Waals surface area contributed by atoms with E-state index in [4.69, 9.17) is 5.73 Å². The first kappa shape index (κ1) is 23.7. The molecule has 0 atom stereocenters. The van der Waals surface area contributed by atoms with E-state index in [1.165, 1.54) is 12.1 Å². The first-order chi connectivity index (χ1) is 16.8. The Kier molecular flexibility index (Phi) is 6.91. The molecular weight excluding hydrogens is 445 g/mol. The van der Waals surface area contributed by atoms with Crippen molar-refractivity contribution < 1.29 is 14.3 Å². The van der Waals surface area contributed by atoms with E-state index in [0.717, 1.165) is 11.1 Å². The van der Waals surface area contributed by atoms with Crippen molar-refractivity contribution in [3.8, 4) is 17.0 Å². The summed E-state index contributed by atoms with van der Waals surface area (Å²) in [6.45, 7) is 2.05. The smallest absolute Gasteiger partial charge is 0.224 e. The number of carbonyl (C=O) groups is 1. The van der Waals surface area contributed by atoms with Crippen molar-refractivity contribution in [1.29, 1.82) is 0 Å². The number of benzene rings is 2. The van der Waals surface area contributed by atoms with Crippen molar-refractivity contribution >= 4 is 23.1 Å². The number of halogens is 1. The zero-order valence-corrected chi connectivity index (χ0v) is 19.5. The fourth-order valence-corrected chi connectivity index (χ4v) is 3.71. The van der Waals surface area contributed by atoms with E-state index in [0.29, 0.717) is 28.2 Å². The minimum absolute atomic E-state index is 0.0240. The van der Waals surface area contributed by atoms with E-state index >= 15 is 0 Å². The van der Waals surface area contributed by atoms with Crippen molar-refractivity contribution in [2.24, 2.45) is 0 Å². The molecule has 35 heavy (non-hydrogen) atoms. The van der Waals surface area contributed by atoms with Crippen LogP contribution in [0.3, 0.4) is 0 Å². The van der Waals surface area contributed by atoms with Crippen LogP contribution in [0, 0.1) is 12.7 Å². The fourth-order valence-electron chi connectivity index (χ4n) is 3.71. The summed E-state index contributed by atoms with van der Waals surface area (Å²) in [6, 6.07) is 17.1. The van der Waals surface area contributed by atoms with Crippen LogP contribution in [-0.4, -0.2) is 28.0 Å². The van der Waals surface area contributed by atoms with E-state index in [2.05, 4.69) is 15.3 Å². The predicted octanol–water partition coefficient (Wildman–Crippen LogP) is 4.51. The van der Waals surface area contributed by atoms with Gasteiger partial charge in [-0.3, -0.25) is 9.78 Å². The number of phenolic OH excluding ortho intramolecular Hbond substituents is 1. The zero-order chi connectivity index (χ0) is 24.9. The third-order valence-corrected chi connectivity index (χ3v) is 5.68. The Morgan fingerprint density at radius 3 is 2.69 bits per heavy atom. The molecule has 0 radical (unpaired) electrons. The normalized spacial score (nSPS) is 10.7. The van der Waals surface area contributed by atoms with Crippen LogP contribution in [0.1, 0.15) is 16.7 Å². The topological polar surface area (TPSA) is 104 Å². The largest absolute Gasteiger partial charge is 0.507 e. The molecule has 0 aliphatic rings. The van der Waals surface area contributed by atoms with Gasteiger partial charge in [-0.05, 0) is 60.5 Å². The molecule has 8 heteroatoms. The van der Waals surface area contributed by atoms with Crippen molar-refractivity contribution in [2.45, 2.75) is 19.9 Å². The van der Waals surface area contributed by atoms with Crippen LogP contribution in [-0.2, 0) is 17.8 Å². The number of nitrogens with two attached hydrogens (primary N) is 1. The number of nitrogen functional groups attached to an aromatic ring is 1. The molecule has 178 valence electrons. The number of phenols is 1. The van der Waals surface area contributed by atoms with Crippen molar-refractivity contribution in [2.75, 3.05) is 17.7 Å². The van der Waals surface area contributed by atoms with Crippen molar-refractivity contribution in [3.63, 3.8) is 0 Å². The van der Waals surface area contributed by atoms with Crippen LogP contribution < -0.4 is 16.0 Å². The Bertz CT molecular complexity index is 1360. The van der Waals surface area contributed by atoms with Gasteiger partial charge in [0.2, 0.25) is 5.91 Å². The highest BCUT2D eigenvalue weighted by Crippen LogP contribution is 2.35. The SMILES string of the molecule is Cc1ccc(N(C)c2ccc(O)c(-c3ccc(CNC(=O)Cc4cccnc4)c(N)n3)c2)c(F)c1. The van der Waals surface area contributed by atoms with Gasteiger partial charge in [0, 0.05) is 42.8 Å². The first-order valence-electron chi connectivity index (χ1n) is 11.1. The molecule has 4 N–H and O–H groups in total. The van der Waals surface area contributed by atoms with Crippen molar-refractivity contribution in [3.05, 3.63) is 95.6 Å². The number of nitrogens with one attached hydrogen (secondary N) is 1. The maximum Gasteiger partial charge on any atom is 0.224 e. The second kappa shape index (κ2) is 10.2. The molecule has 0 bridgehead atoms. The van der Waals surface area contributed by atoms with E-state index < -0.39 is 0 Å². The standard InChI is InChI=1S/C27H26FN5O2/c1-17-5-9-24(22(28)12-17)33(2)20-7-10-25(34)21(14-20)23-8-6-19(27(29)32-23)16-31-26(35)13-18-4-3-11-30-15-18/h3-12,14-15,34H,13,16H2,1-2H3,(H2,29,32)(H,31,35). The van der Waals surface area contributed by atoms with Gasteiger partial charge in [0.15, 0.2) is 0 Å². The lowest BCUT2D eigenvalue weighted by molar-refractivity contribution is -0.120. The van der Waals surface area contributed by atoms with Gasteiger partial charge in [0.1, 0.15) is 17.4 Å². The predicted molar refractivity (Wildman–Crippen MR) is 135 cm³/mol. The molecule has 0 aliphatic heterocycles. The summed E-state index contributed by atoms with van der Waals surface area (Å²) < 4.78 is 14.5. The number of carbonyl (C=O) groups excluding carboxylic acids is 1. The van der Waals surface area contributed by atoms with E-state index in [-0.39, 0.29) is 36.3 Å². The highest BCUT2D eigenvalue weighted by Gasteiger charge is 2.15. The summed E-state index contributed by atoms with van der Waals surface area (Å²) in [6.07, 6.45) is 3.52. The van der Waals surface area contributed by atoms with Gasteiger partial charge in [0.05, 0.1) is 17.8 Å². The van der Waals surface area contributed by atoms with Crippen LogP contribution in [0.15, 0.2) is 73.1 Å². The van der Waals surface area contributed by atoms with Gasteiger partial charge < -0.3 is 21.1 Å². The van der Waals surface area contributed by atoms with Gasteiger partial charge in [-0.15, -0.1) is 0 Å². The Labute approximate surface area is 203 Å². The van der Waals surface area contributed by atoms with Gasteiger partial charge in [-0.1, -0.05) is 18.2 Å². The molecule has 2 heterocycles. The highest BCUT2D eigenvalue weighted by atomic mass is 19.1. The second-order valence-electron chi connectivity index (χ2n) is 8.27. The van der Waals surface area contributed by atoms with E-state index in [1.54, 1.807) is 60.7 Å². The van der Waals surface area contributed by atoms with Crippen LogP contribution in [0.2, 0.25) is 0 Å². The Morgan fingerprint density at radius 2 is 1.97 bits per heavy atom. The maximum absolute atomic E-state index is 14.5. The molecule has 2 aromatic heterocycles. The lowest BCUT2D eigenvalue weighted by atomic mass is 10.1. The molecule has 0 saturated heterocycles. The number of aromatic nitrogens is 2. The second-order valence-corrected chi connectivity index (χ2v) is 8.27. The lowest BCUT2D eigenvalue weighted by Gasteiger charge is -2.21. The molecule has 0 aliphatic carbocycles. The molecule has 7 nitrogen and oxygen atoms in total. The van der Waals surface area contributed by atoms with Gasteiger partial charge in [-0.25, -0.2) is 9.37 Å². The number of aryl methyl sites for hydroxylation is 1. The molecule has 0 spiro atoms. The maximum atomic E-state index is 14.5. The van der Waals surface area contributed by atoms with E-state index in [9.17, 15) is 14.3 Å². The lowest BCUT2D eigenvalue weighted by Crippen LogP contribution is -2.25. The number of amides is 1. The van der Waals surface area contributed by atoms with E-state index in [1.807, 2.05) is 19.1 Å². The summed E-state index contributed by atoms with van der Waals surface area (Å²) >= 11 is 0. The zero-order valence-electron chi connectivity index (χ0n) is 19.5. The van der Waals surface area contributed by atoms with Gasteiger partial charge in [0.25, 0.3) is 0 Å². The number of hydrogen-bond donors (Lipinski definition) is 3. The molecule has 4 aromatic rings. The van der Waals surface area contributed by atoms with Crippen LogP contribution in [0.4, 0.5) is 21.6 Å². The number of rotatable bonds is 7. The number of hydrogen-bond acceptors (Lipinski definition) is 6. The van der Waals surface area contributed by atoms with Gasteiger partial charge >= 0.3 is 0 Å². The quantitative estimate of drug-likeness (QED) is 0.367. The molecule has 2 aromatic carbocycles. The molecular formula is C27H26FN5O2. The van der Waals surface area contributed by atoms with Crippen LogP contribution >= 0.6 is 0 Å². The molecule has 4 rings (SSSR count). The summed E-state index contributed by atoms with van der Waals surface area (Å²) in [5.41, 5.74) is 10.5. The van der Waals surface area contributed by atoms with Crippen LogP contribution in [0.25, 0.3) is 11.3 Å². The summed E-state index contributed by atoms with van der Waals surface area (Å²) in [5.74, 6) is -0.222. The average Bonchev–Trinajstić information content (AvgIpc) is 2.84. The Morgan fingerprint density at radius 1 is 1.14 bits per heavy atom. The fraction of sp³-hybridized carbons (Fsp3) is 0.148. The highest BCUT2D eigenvalue weighted by molar-refractivity contribution is 5.79. The third kappa shape index (κ3) is 5.55. The van der Waals surface area contributed by atoms with Crippen LogP contribution in [0.5, 0.6) is 5.75 Å². The number of anilines is 3. The Hall–Kier alpha value is -4.46. The number of pyridine rings is 2. The molecule has 1 amide bonds. The molecule has 0 saturated carbocycles. The van der Waals surface area contributed by atoms with Gasteiger partial charge in [-0.2, -0.15) is 0 Å². The number of nitrogens with zero attached hydrogens (tertiary/aromatic N) is 3. The molecule has 0 unspecified atom stereocenters. The minimum Gasteiger partial charge on any atom is -0.507 e. The summed E-state index contributed by atoms with van der Waals surface area (Å²) in [7, 11) is 1.75. The summed E-state index contributed by atoms with van der Waals surface area (Å²) in [4.78, 5) is 22.4. The first-order valence-corrected chi connectivity index (χ1v) is 11.1.